The van der Waals surface area contributed by atoms with E-state index in [0.29, 0.717) is 42.3 Å². The summed E-state index contributed by atoms with van der Waals surface area (Å²) >= 11 is 0.789. The van der Waals surface area contributed by atoms with Crippen LogP contribution in [0.4, 0.5) is 10.5 Å². The molecule has 0 unspecified atom stereocenters. The standard InChI is InChI=1S/C30H27N3O7S/c1-2-39-26-15-20(10-11-25(26)40-19-21-6-5-9-24(14-21)33(37)38)16-27-29(35)32(30(36)41-27)18-28(34)31-13-12-22-7-3-4-8-23(22)17-31/h3-11,14-16H,2,12-13,17-19H2,1H3/b27-16+. The Morgan fingerprint density at radius 1 is 1.02 bits per heavy atom. The van der Waals surface area contributed by atoms with Gasteiger partial charge in [-0.1, -0.05) is 42.5 Å². The van der Waals surface area contributed by atoms with E-state index in [0.717, 1.165) is 28.6 Å². The van der Waals surface area contributed by atoms with Crippen LogP contribution in [0.5, 0.6) is 11.5 Å². The number of nitrogens with zero attached hydrogens (tertiary/aromatic N) is 3. The van der Waals surface area contributed by atoms with Crippen molar-refractivity contribution in [1.82, 2.24) is 9.80 Å². The van der Waals surface area contributed by atoms with E-state index in [1.165, 1.54) is 17.7 Å². The minimum absolute atomic E-state index is 0.0246. The Kier molecular flexibility index (Phi) is 8.34. The predicted octanol–water partition coefficient (Wildman–Crippen LogP) is 5.19. The fourth-order valence-corrected chi connectivity index (χ4v) is 5.49. The molecular weight excluding hydrogens is 546 g/mol. The van der Waals surface area contributed by atoms with Gasteiger partial charge in [-0.05, 0) is 65.6 Å². The molecule has 1 saturated heterocycles. The molecule has 11 heteroatoms. The molecular formula is C30H27N3O7S. The lowest BCUT2D eigenvalue weighted by atomic mass is 10.00. The number of thioether (sulfide) groups is 1. The molecule has 3 amide bonds. The van der Waals surface area contributed by atoms with Gasteiger partial charge >= 0.3 is 0 Å². The van der Waals surface area contributed by atoms with Gasteiger partial charge < -0.3 is 14.4 Å². The fraction of sp³-hybridized carbons (Fsp3) is 0.233. The van der Waals surface area contributed by atoms with Crippen molar-refractivity contribution in [2.24, 2.45) is 0 Å². The van der Waals surface area contributed by atoms with Gasteiger partial charge in [-0.15, -0.1) is 0 Å². The van der Waals surface area contributed by atoms with Gasteiger partial charge in [0.05, 0.1) is 16.4 Å². The first-order valence-corrected chi connectivity index (χ1v) is 13.9. The van der Waals surface area contributed by atoms with Crippen LogP contribution in [0.3, 0.4) is 0 Å². The summed E-state index contributed by atoms with van der Waals surface area (Å²) in [6.07, 6.45) is 2.32. The van der Waals surface area contributed by atoms with E-state index >= 15 is 0 Å². The summed E-state index contributed by atoms with van der Waals surface area (Å²) in [7, 11) is 0. The molecule has 5 rings (SSSR count). The number of rotatable bonds is 9. The maximum atomic E-state index is 13.1. The third-order valence-corrected chi connectivity index (χ3v) is 7.64. The van der Waals surface area contributed by atoms with Crippen LogP contribution < -0.4 is 9.47 Å². The molecule has 0 aromatic heterocycles. The zero-order valence-electron chi connectivity index (χ0n) is 22.3. The van der Waals surface area contributed by atoms with E-state index in [4.69, 9.17) is 9.47 Å². The number of carbonyl (C=O) groups is 3. The molecule has 3 aromatic carbocycles. The van der Waals surface area contributed by atoms with E-state index in [9.17, 15) is 24.5 Å². The quantitative estimate of drug-likeness (QED) is 0.195. The molecule has 0 atom stereocenters. The molecule has 210 valence electrons. The van der Waals surface area contributed by atoms with Crippen molar-refractivity contribution in [1.29, 1.82) is 0 Å². The topological polar surface area (TPSA) is 119 Å². The van der Waals surface area contributed by atoms with Gasteiger partial charge in [0, 0.05) is 25.2 Å². The zero-order chi connectivity index (χ0) is 28.9. The zero-order valence-corrected chi connectivity index (χ0v) is 23.1. The van der Waals surface area contributed by atoms with Crippen molar-refractivity contribution in [2.45, 2.75) is 26.5 Å². The number of benzene rings is 3. The summed E-state index contributed by atoms with van der Waals surface area (Å²) in [5.41, 5.74) is 3.49. The number of hydrogen-bond acceptors (Lipinski definition) is 8. The van der Waals surface area contributed by atoms with Gasteiger partial charge in [0.1, 0.15) is 13.2 Å². The molecule has 0 spiro atoms. The molecule has 2 aliphatic rings. The van der Waals surface area contributed by atoms with E-state index < -0.39 is 16.1 Å². The van der Waals surface area contributed by atoms with Crippen LogP contribution in [0, 0.1) is 10.1 Å². The lowest BCUT2D eigenvalue weighted by Gasteiger charge is -2.29. The van der Waals surface area contributed by atoms with Crippen molar-refractivity contribution in [3.05, 3.63) is 104 Å². The van der Waals surface area contributed by atoms with Gasteiger partial charge in [-0.3, -0.25) is 29.4 Å². The second-order valence-electron chi connectivity index (χ2n) is 9.46. The highest BCUT2D eigenvalue weighted by atomic mass is 32.2. The highest BCUT2D eigenvalue weighted by Crippen LogP contribution is 2.35. The Hall–Kier alpha value is -4.64. The van der Waals surface area contributed by atoms with Crippen LogP contribution in [0.15, 0.2) is 71.6 Å². The highest BCUT2D eigenvalue weighted by molar-refractivity contribution is 8.18. The molecule has 2 heterocycles. The van der Waals surface area contributed by atoms with Gasteiger partial charge in [0.25, 0.3) is 16.8 Å². The Morgan fingerprint density at radius 2 is 1.83 bits per heavy atom. The summed E-state index contributed by atoms with van der Waals surface area (Å²) in [6, 6.07) is 19.2. The van der Waals surface area contributed by atoms with Crippen LogP contribution in [-0.4, -0.2) is 51.5 Å². The normalized spacial score (nSPS) is 15.7. The fourth-order valence-electron chi connectivity index (χ4n) is 4.65. The van der Waals surface area contributed by atoms with Crippen molar-refractivity contribution in [2.75, 3.05) is 19.7 Å². The minimum atomic E-state index is -0.519. The van der Waals surface area contributed by atoms with E-state index in [-0.39, 0.29) is 29.7 Å². The maximum absolute atomic E-state index is 13.1. The van der Waals surface area contributed by atoms with Crippen molar-refractivity contribution in [3.8, 4) is 11.5 Å². The number of nitro groups is 1. The van der Waals surface area contributed by atoms with E-state index in [1.807, 2.05) is 31.2 Å². The molecule has 10 nitrogen and oxygen atoms in total. The number of carbonyl (C=O) groups excluding carboxylic acids is 3. The molecule has 0 radical (unpaired) electrons. The summed E-state index contributed by atoms with van der Waals surface area (Å²) in [5.74, 6) is 0.0606. The van der Waals surface area contributed by atoms with Crippen LogP contribution in [0.1, 0.15) is 29.2 Å². The van der Waals surface area contributed by atoms with Crippen LogP contribution in [0.2, 0.25) is 0 Å². The van der Waals surface area contributed by atoms with E-state index in [1.54, 1.807) is 41.3 Å². The Bertz CT molecular complexity index is 1550. The molecule has 0 N–H and O–H groups in total. The lowest BCUT2D eigenvalue weighted by molar-refractivity contribution is -0.384. The first-order chi connectivity index (χ1) is 19.8. The molecule has 0 saturated carbocycles. The Labute approximate surface area is 240 Å². The number of nitro benzene ring substituents is 1. The summed E-state index contributed by atoms with van der Waals surface area (Å²) in [6.45, 7) is 2.96. The summed E-state index contributed by atoms with van der Waals surface area (Å²) in [5, 5.41) is 10.6. The third-order valence-electron chi connectivity index (χ3n) is 6.73. The second kappa shape index (κ2) is 12.3. The highest BCUT2D eigenvalue weighted by Gasteiger charge is 2.37. The largest absolute Gasteiger partial charge is 0.490 e. The maximum Gasteiger partial charge on any atom is 0.294 e. The summed E-state index contributed by atoms with van der Waals surface area (Å²) < 4.78 is 11.6. The average molecular weight is 574 g/mol. The van der Waals surface area contributed by atoms with Crippen LogP contribution in [-0.2, 0) is 29.2 Å². The molecule has 0 aliphatic carbocycles. The van der Waals surface area contributed by atoms with Gasteiger partial charge in [-0.2, -0.15) is 0 Å². The number of hydrogen-bond donors (Lipinski definition) is 0. The van der Waals surface area contributed by atoms with E-state index in [2.05, 4.69) is 0 Å². The number of non-ortho nitro benzene ring substituents is 1. The first kappa shape index (κ1) is 27.9. The van der Waals surface area contributed by atoms with Crippen molar-refractivity contribution < 1.29 is 28.8 Å². The van der Waals surface area contributed by atoms with Crippen LogP contribution >= 0.6 is 11.8 Å². The monoisotopic (exact) mass is 573 g/mol. The first-order valence-electron chi connectivity index (χ1n) is 13.0. The lowest BCUT2D eigenvalue weighted by Crippen LogP contribution is -2.44. The third kappa shape index (κ3) is 6.41. The SMILES string of the molecule is CCOc1cc(/C=C2/SC(=O)N(CC(=O)N3CCc4ccccc4C3)C2=O)ccc1OCc1cccc([N+](=O)[O-])c1. The molecule has 41 heavy (non-hydrogen) atoms. The average Bonchev–Trinajstić information content (AvgIpc) is 3.23. The predicted molar refractivity (Wildman–Crippen MR) is 153 cm³/mol. The Balaban J connectivity index is 1.26. The number of fused-ring (bicyclic) bond motifs is 1. The Morgan fingerprint density at radius 3 is 2.61 bits per heavy atom. The molecule has 3 aromatic rings. The second-order valence-corrected chi connectivity index (χ2v) is 10.4. The van der Waals surface area contributed by atoms with Crippen molar-refractivity contribution >= 4 is 40.6 Å². The van der Waals surface area contributed by atoms with Gasteiger partial charge in [0.2, 0.25) is 5.91 Å². The smallest absolute Gasteiger partial charge is 0.294 e. The number of ether oxygens (including phenoxy) is 2. The minimum Gasteiger partial charge on any atom is -0.490 e. The van der Waals surface area contributed by atoms with Crippen molar-refractivity contribution in [3.63, 3.8) is 0 Å². The summed E-state index contributed by atoms with van der Waals surface area (Å²) in [4.78, 5) is 52.2. The van der Waals surface area contributed by atoms with Crippen LogP contribution in [0.25, 0.3) is 6.08 Å². The number of imide groups is 1. The molecule has 1 fully saturated rings. The molecule has 2 aliphatic heterocycles. The number of amides is 3. The van der Waals surface area contributed by atoms with Gasteiger partial charge in [0.15, 0.2) is 11.5 Å². The molecule has 0 bridgehead atoms. The van der Waals surface area contributed by atoms with Gasteiger partial charge in [-0.25, -0.2) is 0 Å².